The van der Waals surface area contributed by atoms with E-state index < -0.39 is 5.72 Å². The van der Waals surface area contributed by atoms with Gasteiger partial charge in [-0.05, 0) is 24.6 Å². The Morgan fingerprint density at radius 2 is 2.39 bits per heavy atom. The van der Waals surface area contributed by atoms with Crippen LogP contribution in [0.15, 0.2) is 18.2 Å². The molecule has 1 saturated heterocycles. The standard InChI is InChI=1S/C13H15ClN2O2/c1-13-6-10(15-12(17)16(13)2)9-5-8(7-14)3-4-11(9)18-13/h3-5,10H,6-7H2,1-2H3,(H,15,17). The molecule has 1 aromatic rings. The van der Waals surface area contributed by atoms with Gasteiger partial charge in [-0.1, -0.05) is 6.07 Å². The first-order valence-electron chi connectivity index (χ1n) is 5.95. The quantitative estimate of drug-likeness (QED) is 0.794. The first-order valence-corrected chi connectivity index (χ1v) is 6.49. The number of fused-ring (bicyclic) bond motifs is 4. The fourth-order valence-corrected chi connectivity index (χ4v) is 2.77. The van der Waals surface area contributed by atoms with Gasteiger partial charge in [-0.25, -0.2) is 4.79 Å². The van der Waals surface area contributed by atoms with Crippen LogP contribution in [0, 0.1) is 0 Å². The third-order valence-electron chi connectivity index (χ3n) is 3.83. The van der Waals surface area contributed by atoms with Gasteiger partial charge in [0, 0.05) is 24.9 Å². The highest BCUT2D eigenvalue weighted by Crippen LogP contribution is 2.43. The molecule has 3 rings (SSSR count). The number of nitrogens with zero attached hydrogens (tertiary/aromatic N) is 1. The molecule has 0 aliphatic carbocycles. The van der Waals surface area contributed by atoms with Gasteiger partial charge < -0.3 is 10.1 Å². The van der Waals surface area contributed by atoms with Crippen LogP contribution in [0.2, 0.25) is 0 Å². The van der Waals surface area contributed by atoms with E-state index in [0.29, 0.717) is 5.88 Å². The summed E-state index contributed by atoms with van der Waals surface area (Å²) >= 11 is 5.85. The van der Waals surface area contributed by atoms with Gasteiger partial charge in [-0.3, -0.25) is 4.90 Å². The minimum absolute atomic E-state index is 0.00520. The fraction of sp³-hybridized carbons (Fsp3) is 0.462. The maximum absolute atomic E-state index is 11.9. The average molecular weight is 267 g/mol. The number of hydrogen-bond donors (Lipinski definition) is 1. The number of carbonyl (C=O) groups is 1. The lowest BCUT2D eigenvalue weighted by Gasteiger charge is -2.49. The molecule has 0 saturated carbocycles. The number of halogens is 1. The third kappa shape index (κ3) is 1.56. The average Bonchev–Trinajstić information content (AvgIpc) is 2.36. The van der Waals surface area contributed by atoms with Crippen molar-refractivity contribution < 1.29 is 9.53 Å². The highest BCUT2D eigenvalue weighted by atomic mass is 35.5. The molecule has 4 nitrogen and oxygen atoms in total. The zero-order valence-corrected chi connectivity index (χ0v) is 11.1. The van der Waals surface area contributed by atoms with Crippen LogP contribution >= 0.6 is 11.6 Å². The number of carbonyl (C=O) groups excluding carboxylic acids is 1. The summed E-state index contributed by atoms with van der Waals surface area (Å²) in [5, 5.41) is 2.99. The van der Waals surface area contributed by atoms with E-state index in [2.05, 4.69) is 5.32 Å². The van der Waals surface area contributed by atoms with Gasteiger partial charge >= 0.3 is 6.03 Å². The first kappa shape index (κ1) is 11.7. The van der Waals surface area contributed by atoms with Crippen molar-refractivity contribution in [3.8, 4) is 5.75 Å². The summed E-state index contributed by atoms with van der Waals surface area (Å²) in [7, 11) is 1.75. The lowest BCUT2D eigenvalue weighted by Crippen LogP contribution is -2.63. The van der Waals surface area contributed by atoms with Gasteiger partial charge in [0.05, 0.1) is 6.04 Å². The maximum atomic E-state index is 11.9. The van der Waals surface area contributed by atoms with E-state index in [9.17, 15) is 4.79 Å². The molecule has 1 N–H and O–H groups in total. The molecule has 18 heavy (non-hydrogen) atoms. The van der Waals surface area contributed by atoms with Crippen molar-refractivity contribution in [3.63, 3.8) is 0 Å². The molecule has 2 heterocycles. The maximum Gasteiger partial charge on any atom is 0.320 e. The van der Waals surface area contributed by atoms with Crippen LogP contribution in [0.25, 0.3) is 0 Å². The molecule has 96 valence electrons. The molecule has 2 aliphatic rings. The van der Waals surface area contributed by atoms with E-state index in [1.807, 2.05) is 25.1 Å². The summed E-state index contributed by atoms with van der Waals surface area (Å²) in [5.74, 6) is 1.29. The van der Waals surface area contributed by atoms with Gasteiger partial charge in [0.1, 0.15) is 5.75 Å². The minimum Gasteiger partial charge on any atom is -0.468 e. The Morgan fingerprint density at radius 1 is 1.61 bits per heavy atom. The lowest BCUT2D eigenvalue weighted by atomic mass is 9.90. The summed E-state index contributed by atoms with van der Waals surface area (Å²) in [5.41, 5.74) is 1.49. The smallest absolute Gasteiger partial charge is 0.320 e. The Morgan fingerprint density at radius 3 is 3.11 bits per heavy atom. The predicted molar refractivity (Wildman–Crippen MR) is 68.7 cm³/mol. The number of alkyl halides is 1. The van der Waals surface area contributed by atoms with E-state index in [0.717, 1.165) is 23.3 Å². The molecule has 2 atom stereocenters. The van der Waals surface area contributed by atoms with Gasteiger partial charge in [0.15, 0.2) is 5.72 Å². The van der Waals surface area contributed by atoms with Gasteiger partial charge in [-0.2, -0.15) is 0 Å². The number of urea groups is 1. The Balaban J connectivity index is 2.08. The molecule has 1 fully saturated rings. The summed E-state index contributed by atoms with van der Waals surface area (Å²) in [6.07, 6.45) is 0.744. The topological polar surface area (TPSA) is 41.6 Å². The number of ether oxygens (including phenoxy) is 1. The van der Waals surface area contributed by atoms with E-state index in [-0.39, 0.29) is 12.1 Å². The zero-order chi connectivity index (χ0) is 12.9. The summed E-state index contributed by atoms with van der Waals surface area (Å²) in [6, 6.07) is 5.81. The molecule has 0 aromatic heterocycles. The highest BCUT2D eigenvalue weighted by Gasteiger charge is 2.47. The Kier molecular flexibility index (Phi) is 2.45. The molecular weight excluding hydrogens is 252 g/mol. The van der Waals surface area contributed by atoms with Crippen LogP contribution in [0.3, 0.4) is 0 Å². The summed E-state index contributed by atoms with van der Waals surface area (Å²) < 4.78 is 5.99. The first-order chi connectivity index (χ1) is 8.53. The molecule has 2 bridgehead atoms. The number of rotatable bonds is 1. The number of amides is 2. The molecule has 0 radical (unpaired) electrons. The second-order valence-electron chi connectivity index (χ2n) is 5.05. The third-order valence-corrected chi connectivity index (χ3v) is 4.14. The van der Waals surface area contributed by atoms with Crippen molar-refractivity contribution in [1.29, 1.82) is 0 Å². The molecule has 0 spiro atoms. The number of benzene rings is 1. The minimum atomic E-state index is -0.567. The van der Waals surface area contributed by atoms with E-state index in [1.54, 1.807) is 11.9 Å². The van der Waals surface area contributed by atoms with Crippen molar-refractivity contribution in [2.45, 2.75) is 31.0 Å². The predicted octanol–water partition coefficient (Wildman–Crippen LogP) is 2.62. The Labute approximate surface area is 111 Å². The van der Waals surface area contributed by atoms with E-state index in [1.165, 1.54) is 0 Å². The SMILES string of the molecule is CN1C(=O)NC2CC1(C)Oc1ccc(CCl)cc12. The van der Waals surface area contributed by atoms with Crippen molar-refractivity contribution in [3.05, 3.63) is 29.3 Å². The lowest BCUT2D eigenvalue weighted by molar-refractivity contribution is -0.0719. The van der Waals surface area contributed by atoms with Crippen molar-refractivity contribution in [2.24, 2.45) is 0 Å². The van der Waals surface area contributed by atoms with Crippen LogP contribution in [0.5, 0.6) is 5.75 Å². The van der Waals surface area contributed by atoms with Crippen molar-refractivity contribution in [2.75, 3.05) is 7.05 Å². The summed E-state index contributed by atoms with van der Waals surface area (Å²) in [4.78, 5) is 13.5. The number of nitrogens with one attached hydrogen (secondary N) is 1. The van der Waals surface area contributed by atoms with Crippen LogP contribution in [-0.4, -0.2) is 23.7 Å². The molecule has 2 aliphatic heterocycles. The Bertz CT molecular complexity index is 520. The van der Waals surface area contributed by atoms with Crippen molar-refractivity contribution >= 4 is 17.6 Å². The second kappa shape index (κ2) is 3.79. The monoisotopic (exact) mass is 266 g/mol. The number of hydrogen-bond acceptors (Lipinski definition) is 2. The van der Waals surface area contributed by atoms with Crippen LogP contribution in [0.4, 0.5) is 4.79 Å². The fourth-order valence-electron chi connectivity index (χ4n) is 2.61. The molecule has 2 amide bonds. The Hall–Kier alpha value is -1.42. The van der Waals surface area contributed by atoms with Gasteiger partial charge in [0.2, 0.25) is 0 Å². The van der Waals surface area contributed by atoms with Crippen molar-refractivity contribution in [1.82, 2.24) is 10.2 Å². The molecular formula is C13H15ClN2O2. The zero-order valence-electron chi connectivity index (χ0n) is 10.4. The van der Waals surface area contributed by atoms with Crippen LogP contribution in [-0.2, 0) is 5.88 Å². The van der Waals surface area contributed by atoms with Gasteiger partial charge in [0.25, 0.3) is 0 Å². The second-order valence-corrected chi connectivity index (χ2v) is 5.32. The molecule has 2 unspecified atom stereocenters. The normalized spacial score (nSPS) is 29.4. The largest absolute Gasteiger partial charge is 0.468 e. The van der Waals surface area contributed by atoms with Crippen LogP contribution < -0.4 is 10.1 Å². The van der Waals surface area contributed by atoms with E-state index >= 15 is 0 Å². The molecule has 5 heteroatoms. The van der Waals surface area contributed by atoms with Crippen LogP contribution in [0.1, 0.15) is 30.5 Å². The highest BCUT2D eigenvalue weighted by molar-refractivity contribution is 6.17. The van der Waals surface area contributed by atoms with E-state index in [4.69, 9.17) is 16.3 Å². The molecule has 1 aromatic carbocycles. The van der Waals surface area contributed by atoms with Gasteiger partial charge in [-0.15, -0.1) is 11.6 Å². The summed E-state index contributed by atoms with van der Waals surface area (Å²) in [6.45, 7) is 1.94.